The van der Waals surface area contributed by atoms with E-state index in [1.54, 1.807) is 24.3 Å². The highest BCUT2D eigenvalue weighted by atomic mass is 19.4. The second kappa shape index (κ2) is 8.39. The highest BCUT2D eigenvalue weighted by molar-refractivity contribution is 5.54. The van der Waals surface area contributed by atoms with Crippen LogP contribution in [-0.2, 0) is 23.4 Å². The van der Waals surface area contributed by atoms with E-state index in [0.29, 0.717) is 11.3 Å². The molecule has 0 radical (unpaired) electrons. The zero-order chi connectivity index (χ0) is 23.8. The number of rotatable bonds is 7. The van der Waals surface area contributed by atoms with Crippen LogP contribution in [0.5, 0.6) is 5.75 Å². The smallest absolute Gasteiger partial charge is 0.453 e. The Bertz CT molecular complexity index is 1270. The number of hydrogen-bond donors (Lipinski definition) is 0. The predicted molar refractivity (Wildman–Crippen MR) is 105 cm³/mol. The molecule has 174 valence electrons. The first-order chi connectivity index (χ1) is 15.6. The van der Waals surface area contributed by atoms with Gasteiger partial charge in [0.15, 0.2) is 5.82 Å². The van der Waals surface area contributed by atoms with E-state index in [2.05, 4.69) is 24.8 Å². The van der Waals surface area contributed by atoms with Crippen LogP contribution in [-0.4, -0.2) is 50.0 Å². The topological polar surface area (TPSA) is 79.4 Å². The summed E-state index contributed by atoms with van der Waals surface area (Å²) in [5.74, 6) is -4.44. The van der Waals surface area contributed by atoms with E-state index < -0.39 is 30.2 Å². The molecule has 0 atom stereocenters. The van der Waals surface area contributed by atoms with E-state index in [-0.39, 0.29) is 23.8 Å². The van der Waals surface area contributed by atoms with Crippen LogP contribution in [0.15, 0.2) is 42.7 Å². The molecular weight excluding hydrogens is 451 g/mol. The Balaban J connectivity index is 1.75. The first-order valence-corrected chi connectivity index (χ1v) is 9.49. The highest BCUT2D eigenvalue weighted by Gasteiger charge is 2.38. The summed E-state index contributed by atoms with van der Waals surface area (Å²) < 4.78 is 80.1. The fourth-order valence-corrected chi connectivity index (χ4v) is 3.10. The van der Waals surface area contributed by atoms with E-state index in [1.807, 2.05) is 0 Å². The molecule has 0 aliphatic carbocycles. The van der Waals surface area contributed by atoms with Crippen LogP contribution < -0.4 is 4.74 Å². The molecule has 0 aliphatic heterocycles. The summed E-state index contributed by atoms with van der Waals surface area (Å²) in [7, 11) is 2.63. The standard InChI is InChI=1S/C20H17F5N6O2/c1-32-11-19(21,22)15-7-8-30-10-14(26-18(30)27-15)16-28-17(20(23,24)25)29-31(16)9-12-3-5-13(33-2)6-4-12/h3-8,10H,9,11H2,1-2H3. The van der Waals surface area contributed by atoms with Gasteiger partial charge >= 0.3 is 12.1 Å². The SMILES string of the molecule is COCC(F)(F)c1ccn2cc(-c3nc(C(F)(F)F)nn3Cc3ccc(OC)cc3)nc2n1. The molecule has 1 aromatic carbocycles. The number of fused-ring (bicyclic) bond motifs is 1. The lowest BCUT2D eigenvalue weighted by Crippen LogP contribution is -2.22. The van der Waals surface area contributed by atoms with E-state index >= 15 is 0 Å². The number of benzene rings is 1. The number of alkyl halides is 5. The Morgan fingerprint density at radius 1 is 0.939 bits per heavy atom. The van der Waals surface area contributed by atoms with Crippen LogP contribution in [0.1, 0.15) is 17.1 Å². The zero-order valence-corrected chi connectivity index (χ0v) is 17.3. The van der Waals surface area contributed by atoms with Gasteiger partial charge in [0, 0.05) is 19.5 Å². The Morgan fingerprint density at radius 2 is 1.67 bits per heavy atom. The van der Waals surface area contributed by atoms with Crippen molar-refractivity contribution >= 4 is 5.78 Å². The average molecular weight is 468 g/mol. The third kappa shape index (κ3) is 4.62. The third-order valence-corrected chi connectivity index (χ3v) is 4.67. The van der Waals surface area contributed by atoms with Gasteiger partial charge in [-0.1, -0.05) is 12.1 Å². The number of imidazole rings is 1. The van der Waals surface area contributed by atoms with Gasteiger partial charge in [0.1, 0.15) is 23.7 Å². The van der Waals surface area contributed by atoms with Gasteiger partial charge in [0.2, 0.25) is 5.78 Å². The van der Waals surface area contributed by atoms with Gasteiger partial charge in [-0.2, -0.15) is 22.0 Å². The summed E-state index contributed by atoms with van der Waals surface area (Å²) >= 11 is 0. The lowest BCUT2D eigenvalue weighted by molar-refractivity contribution is -0.144. The van der Waals surface area contributed by atoms with Crippen LogP contribution in [0.4, 0.5) is 22.0 Å². The van der Waals surface area contributed by atoms with Crippen LogP contribution in [0.3, 0.4) is 0 Å². The molecule has 13 heteroatoms. The number of aromatic nitrogens is 6. The maximum Gasteiger partial charge on any atom is 0.453 e. The van der Waals surface area contributed by atoms with Crippen molar-refractivity contribution in [2.45, 2.75) is 18.6 Å². The predicted octanol–water partition coefficient (Wildman–Crippen LogP) is 3.80. The number of ether oxygens (including phenoxy) is 2. The Kier molecular flexibility index (Phi) is 5.74. The minimum atomic E-state index is -4.79. The Morgan fingerprint density at radius 3 is 2.30 bits per heavy atom. The van der Waals surface area contributed by atoms with Gasteiger partial charge in [0.25, 0.3) is 5.82 Å². The third-order valence-electron chi connectivity index (χ3n) is 4.67. The normalized spacial score (nSPS) is 12.5. The molecule has 0 saturated heterocycles. The molecule has 0 spiro atoms. The first kappa shape index (κ1) is 22.6. The summed E-state index contributed by atoms with van der Waals surface area (Å²) in [6, 6.07) is 7.75. The van der Waals surface area contributed by atoms with Crippen molar-refractivity contribution in [3.63, 3.8) is 0 Å². The molecule has 33 heavy (non-hydrogen) atoms. The van der Waals surface area contributed by atoms with Crippen molar-refractivity contribution in [2.24, 2.45) is 0 Å². The van der Waals surface area contributed by atoms with Gasteiger partial charge < -0.3 is 9.47 Å². The molecule has 4 aromatic rings. The van der Waals surface area contributed by atoms with Crippen LogP contribution >= 0.6 is 0 Å². The van der Waals surface area contributed by atoms with Crippen LogP contribution in [0.2, 0.25) is 0 Å². The second-order valence-corrected chi connectivity index (χ2v) is 7.05. The van der Waals surface area contributed by atoms with Crippen molar-refractivity contribution < 1.29 is 31.4 Å². The fourth-order valence-electron chi connectivity index (χ4n) is 3.10. The second-order valence-electron chi connectivity index (χ2n) is 7.05. The number of hydrogen-bond acceptors (Lipinski definition) is 6. The maximum absolute atomic E-state index is 14.1. The minimum Gasteiger partial charge on any atom is -0.497 e. The van der Waals surface area contributed by atoms with Crippen molar-refractivity contribution in [3.8, 4) is 17.3 Å². The van der Waals surface area contributed by atoms with E-state index in [4.69, 9.17) is 4.74 Å². The lowest BCUT2D eigenvalue weighted by atomic mass is 10.2. The van der Waals surface area contributed by atoms with Gasteiger partial charge in [-0.25, -0.2) is 19.6 Å². The summed E-state index contributed by atoms with van der Waals surface area (Å²) in [6.45, 7) is -0.921. The molecule has 0 amide bonds. The Hall–Kier alpha value is -3.61. The summed E-state index contributed by atoms with van der Waals surface area (Å²) in [4.78, 5) is 11.5. The van der Waals surface area contributed by atoms with Gasteiger partial charge in [-0.05, 0) is 23.8 Å². The maximum atomic E-state index is 14.1. The molecule has 0 aliphatic rings. The van der Waals surface area contributed by atoms with E-state index in [9.17, 15) is 22.0 Å². The summed E-state index contributed by atoms with van der Waals surface area (Å²) in [5.41, 5.74) is 0.0509. The van der Waals surface area contributed by atoms with Crippen molar-refractivity contribution in [2.75, 3.05) is 20.8 Å². The van der Waals surface area contributed by atoms with Crippen molar-refractivity contribution in [3.05, 3.63) is 59.8 Å². The molecule has 0 saturated carbocycles. The van der Waals surface area contributed by atoms with Gasteiger partial charge in [0.05, 0.1) is 13.7 Å². The monoisotopic (exact) mass is 468 g/mol. The van der Waals surface area contributed by atoms with Gasteiger partial charge in [-0.3, -0.25) is 4.40 Å². The van der Waals surface area contributed by atoms with Crippen LogP contribution in [0.25, 0.3) is 17.3 Å². The molecule has 3 aromatic heterocycles. The lowest BCUT2D eigenvalue weighted by Gasteiger charge is -2.14. The fraction of sp³-hybridized carbons (Fsp3) is 0.300. The van der Waals surface area contributed by atoms with Crippen molar-refractivity contribution in [1.82, 2.24) is 29.1 Å². The minimum absolute atomic E-state index is 0.00813. The molecule has 0 unspecified atom stereocenters. The molecule has 0 fully saturated rings. The number of nitrogens with zero attached hydrogens (tertiary/aromatic N) is 6. The summed E-state index contributed by atoms with van der Waals surface area (Å²) in [6.07, 6.45) is -2.16. The molecule has 0 bridgehead atoms. The highest BCUT2D eigenvalue weighted by Crippen LogP contribution is 2.30. The summed E-state index contributed by atoms with van der Waals surface area (Å²) in [5, 5.41) is 3.59. The molecule has 4 rings (SSSR count). The van der Waals surface area contributed by atoms with Gasteiger partial charge in [-0.15, -0.1) is 5.10 Å². The van der Waals surface area contributed by atoms with Crippen molar-refractivity contribution in [1.29, 1.82) is 0 Å². The number of methoxy groups -OCH3 is 2. The average Bonchev–Trinajstić information content (AvgIpc) is 3.37. The molecule has 0 N–H and O–H groups in total. The zero-order valence-electron chi connectivity index (χ0n) is 17.3. The van der Waals surface area contributed by atoms with E-state index in [0.717, 1.165) is 17.9 Å². The van der Waals surface area contributed by atoms with Crippen LogP contribution in [0, 0.1) is 0 Å². The quantitative estimate of drug-likeness (QED) is 0.384. The molecular formula is C20H17F5N6O2. The largest absolute Gasteiger partial charge is 0.497 e. The molecule has 8 nitrogen and oxygen atoms in total. The Labute approximate surface area is 183 Å². The molecule has 3 heterocycles. The van der Waals surface area contributed by atoms with E-state index in [1.165, 1.54) is 23.9 Å². The first-order valence-electron chi connectivity index (χ1n) is 9.49. The number of halogens is 5.